The Balaban J connectivity index is 1.98. The van der Waals surface area contributed by atoms with Crippen LogP contribution in [0.4, 0.5) is 0 Å². The van der Waals surface area contributed by atoms with Crippen LogP contribution < -0.4 is 0 Å². The lowest BCUT2D eigenvalue weighted by Gasteiger charge is -2.18. The van der Waals surface area contributed by atoms with Crippen molar-refractivity contribution in [2.45, 2.75) is 0 Å². The Morgan fingerprint density at radius 3 is 1.80 bits per heavy atom. The van der Waals surface area contributed by atoms with Crippen LogP contribution in [0.2, 0.25) is 0 Å². The zero-order chi connectivity index (χ0) is 6.81. The van der Waals surface area contributed by atoms with Gasteiger partial charge in [0.25, 0.3) is 0 Å². The average molecular weight is 142 g/mol. The van der Waals surface area contributed by atoms with E-state index in [1.54, 1.807) is 12.4 Å². The second-order valence-corrected chi connectivity index (χ2v) is 1.69. The van der Waals surface area contributed by atoms with Gasteiger partial charge in [0.05, 0.1) is 12.4 Å². The van der Waals surface area contributed by atoms with Gasteiger partial charge in [-0.2, -0.15) is 0 Å². The van der Waals surface area contributed by atoms with Gasteiger partial charge in [0.1, 0.15) is 13.2 Å². The number of hydrogen-bond donors (Lipinski definition) is 0. The number of rotatable bonds is 1. The van der Waals surface area contributed by atoms with E-state index in [4.69, 9.17) is 9.68 Å². The van der Waals surface area contributed by atoms with Crippen molar-refractivity contribution in [3.05, 3.63) is 0 Å². The SMILES string of the molecule is C1=NN(N2N=CCO2)OC1. The Bertz CT molecular complexity index is 160. The van der Waals surface area contributed by atoms with E-state index in [1.807, 2.05) is 0 Å². The van der Waals surface area contributed by atoms with Crippen LogP contribution in [0.25, 0.3) is 0 Å². The summed E-state index contributed by atoms with van der Waals surface area (Å²) in [4.78, 5) is 9.87. The van der Waals surface area contributed by atoms with Crippen LogP contribution in [0, 0.1) is 0 Å². The van der Waals surface area contributed by atoms with E-state index < -0.39 is 0 Å². The predicted molar refractivity (Wildman–Crippen MR) is 32.6 cm³/mol. The summed E-state index contributed by atoms with van der Waals surface area (Å²) >= 11 is 0. The third-order valence-electron chi connectivity index (χ3n) is 1.04. The van der Waals surface area contributed by atoms with Crippen molar-refractivity contribution in [3.8, 4) is 0 Å². The van der Waals surface area contributed by atoms with Crippen molar-refractivity contribution in [3.63, 3.8) is 0 Å². The van der Waals surface area contributed by atoms with Gasteiger partial charge in [0, 0.05) is 0 Å². The summed E-state index contributed by atoms with van der Waals surface area (Å²) in [6.07, 6.45) is 3.24. The second kappa shape index (κ2) is 2.24. The van der Waals surface area contributed by atoms with Crippen molar-refractivity contribution in [1.29, 1.82) is 0 Å². The maximum atomic E-state index is 4.94. The third-order valence-corrected chi connectivity index (χ3v) is 1.04. The first kappa shape index (κ1) is 5.63. The highest BCUT2D eigenvalue weighted by Gasteiger charge is 2.18. The zero-order valence-corrected chi connectivity index (χ0v) is 5.17. The smallest absolute Gasteiger partial charge is 0.116 e. The quantitative estimate of drug-likeness (QED) is 0.489. The van der Waals surface area contributed by atoms with Gasteiger partial charge in [-0.15, -0.1) is 10.2 Å². The average Bonchev–Trinajstić information content (AvgIpc) is 2.59. The summed E-state index contributed by atoms with van der Waals surface area (Å²) < 4.78 is 0. The van der Waals surface area contributed by atoms with Gasteiger partial charge >= 0.3 is 0 Å². The Morgan fingerprint density at radius 2 is 1.50 bits per heavy atom. The first-order valence-corrected chi connectivity index (χ1v) is 2.88. The van der Waals surface area contributed by atoms with E-state index in [-0.39, 0.29) is 0 Å². The summed E-state index contributed by atoms with van der Waals surface area (Å²) in [6, 6.07) is 0. The normalized spacial score (nSPS) is 23.2. The second-order valence-electron chi connectivity index (χ2n) is 1.69. The Morgan fingerprint density at radius 1 is 1.00 bits per heavy atom. The summed E-state index contributed by atoms with van der Waals surface area (Å²) in [5.74, 6) is 0. The summed E-state index contributed by atoms with van der Waals surface area (Å²) in [7, 11) is 0. The number of nitrogens with zero attached hydrogens (tertiary/aromatic N) is 4. The Hall–Kier alpha value is -1.14. The maximum Gasteiger partial charge on any atom is 0.116 e. The van der Waals surface area contributed by atoms with E-state index in [9.17, 15) is 0 Å². The number of hydrogen-bond acceptors (Lipinski definition) is 6. The molecule has 6 nitrogen and oxygen atoms in total. The van der Waals surface area contributed by atoms with Crippen molar-refractivity contribution in [1.82, 2.24) is 10.6 Å². The molecule has 0 spiro atoms. The van der Waals surface area contributed by atoms with Gasteiger partial charge in [-0.1, -0.05) is 0 Å². The minimum absolute atomic E-state index is 0.468. The largest absolute Gasteiger partial charge is 0.228 e. The molecule has 0 atom stereocenters. The van der Waals surface area contributed by atoms with Crippen LogP contribution in [0.3, 0.4) is 0 Å². The topological polar surface area (TPSA) is 49.7 Å². The molecular weight excluding hydrogens is 136 g/mol. The molecule has 2 aliphatic rings. The molecule has 6 heteroatoms. The number of hydrazine groups is 1. The lowest BCUT2D eigenvalue weighted by Crippen LogP contribution is -2.29. The predicted octanol–water partition coefficient (Wildman–Crippen LogP) is -0.633. The maximum absolute atomic E-state index is 4.94. The van der Waals surface area contributed by atoms with E-state index in [0.29, 0.717) is 13.2 Å². The van der Waals surface area contributed by atoms with Crippen LogP contribution in [0.5, 0.6) is 0 Å². The molecule has 0 unspecified atom stereocenters. The van der Waals surface area contributed by atoms with Gasteiger partial charge in [-0.25, -0.2) is 9.68 Å². The molecule has 0 saturated carbocycles. The minimum Gasteiger partial charge on any atom is -0.228 e. The lowest BCUT2D eigenvalue weighted by atomic mass is 10.8. The highest BCUT2D eigenvalue weighted by atomic mass is 16.9. The van der Waals surface area contributed by atoms with Crippen LogP contribution in [-0.4, -0.2) is 36.2 Å². The fourth-order valence-corrected chi connectivity index (χ4v) is 0.660. The summed E-state index contributed by atoms with van der Waals surface area (Å²) in [5, 5.41) is 9.95. The standard InChI is InChI=1S/C4H6N4O2/c1-3-9-7(5-1)8-6-2-4-10-8/h1-2H,3-4H2. The van der Waals surface area contributed by atoms with Crippen molar-refractivity contribution >= 4 is 12.4 Å². The molecule has 2 heterocycles. The molecular formula is C4H6N4O2. The molecule has 0 aromatic rings. The van der Waals surface area contributed by atoms with Crippen molar-refractivity contribution < 1.29 is 9.68 Å². The van der Waals surface area contributed by atoms with E-state index in [1.165, 1.54) is 10.6 Å². The summed E-state index contributed by atoms with van der Waals surface area (Å²) in [5.41, 5.74) is 0. The van der Waals surface area contributed by atoms with E-state index in [2.05, 4.69) is 10.2 Å². The molecule has 0 aromatic heterocycles. The molecule has 0 aromatic carbocycles. The Labute approximate surface area is 57.2 Å². The van der Waals surface area contributed by atoms with Gasteiger partial charge in [-0.05, 0) is 10.6 Å². The first-order valence-electron chi connectivity index (χ1n) is 2.88. The molecule has 0 saturated heterocycles. The van der Waals surface area contributed by atoms with Crippen molar-refractivity contribution in [2.75, 3.05) is 13.2 Å². The molecule has 0 N–H and O–H groups in total. The monoisotopic (exact) mass is 142 g/mol. The zero-order valence-electron chi connectivity index (χ0n) is 5.17. The molecule has 54 valence electrons. The van der Waals surface area contributed by atoms with Crippen LogP contribution in [0.1, 0.15) is 0 Å². The van der Waals surface area contributed by atoms with Crippen LogP contribution >= 0.6 is 0 Å². The van der Waals surface area contributed by atoms with Gasteiger partial charge in [0.2, 0.25) is 0 Å². The van der Waals surface area contributed by atoms with Crippen LogP contribution in [-0.2, 0) is 9.68 Å². The number of hydrazone groups is 2. The highest BCUT2D eigenvalue weighted by molar-refractivity contribution is 5.59. The third kappa shape index (κ3) is 0.829. The molecule has 2 rings (SSSR count). The van der Waals surface area contributed by atoms with Gasteiger partial charge in [-0.3, -0.25) is 0 Å². The fraction of sp³-hybridized carbons (Fsp3) is 0.500. The summed E-state index contributed by atoms with van der Waals surface area (Å²) in [6.45, 7) is 0.935. The molecule has 0 fully saturated rings. The molecule has 0 amide bonds. The minimum atomic E-state index is 0.468. The van der Waals surface area contributed by atoms with Crippen LogP contribution in [0.15, 0.2) is 10.2 Å². The lowest BCUT2D eigenvalue weighted by molar-refractivity contribution is -0.384. The fourth-order valence-electron chi connectivity index (χ4n) is 0.660. The molecule has 0 radical (unpaired) electrons. The first-order chi connectivity index (χ1) is 4.97. The van der Waals surface area contributed by atoms with E-state index >= 15 is 0 Å². The van der Waals surface area contributed by atoms with E-state index in [0.717, 1.165) is 0 Å². The highest BCUT2D eigenvalue weighted by Crippen LogP contribution is 2.07. The molecule has 0 aliphatic carbocycles. The van der Waals surface area contributed by atoms with Gasteiger partial charge < -0.3 is 0 Å². The van der Waals surface area contributed by atoms with Gasteiger partial charge in [0.15, 0.2) is 0 Å². The molecule has 0 bridgehead atoms. The molecule has 2 aliphatic heterocycles. The molecule has 10 heavy (non-hydrogen) atoms. The Kier molecular flexibility index (Phi) is 1.26. The van der Waals surface area contributed by atoms with Crippen molar-refractivity contribution in [2.24, 2.45) is 10.2 Å².